The standard InChI is InChI=1S/C22H25N3O3/c1-15-10-11-17(22(2,3)27)12-18(15)23-21-24-20(26)19(28-4)14-25(21)13-16-8-6-5-7-9-16/h5-12,14,27H,13H2,1-4H3,(H,23,24,26). The second kappa shape index (κ2) is 7.86. The van der Waals surface area contributed by atoms with Gasteiger partial charge in [0.25, 0.3) is 0 Å². The van der Waals surface area contributed by atoms with Gasteiger partial charge in [-0.1, -0.05) is 42.5 Å². The number of anilines is 2. The van der Waals surface area contributed by atoms with E-state index in [-0.39, 0.29) is 5.75 Å². The highest BCUT2D eigenvalue weighted by atomic mass is 16.5. The summed E-state index contributed by atoms with van der Waals surface area (Å²) in [4.78, 5) is 16.4. The van der Waals surface area contributed by atoms with E-state index in [1.165, 1.54) is 7.11 Å². The van der Waals surface area contributed by atoms with E-state index in [0.29, 0.717) is 12.5 Å². The summed E-state index contributed by atoms with van der Waals surface area (Å²) in [5, 5.41) is 13.6. The molecule has 0 aliphatic heterocycles. The Balaban J connectivity index is 2.04. The van der Waals surface area contributed by atoms with Gasteiger partial charge in [-0.15, -0.1) is 0 Å². The number of nitrogens with zero attached hydrogens (tertiary/aromatic N) is 2. The molecule has 0 amide bonds. The zero-order valence-electron chi connectivity index (χ0n) is 16.6. The number of rotatable bonds is 6. The van der Waals surface area contributed by atoms with Gasteiger partial charge in [0.2, 0.25) is 11.7 Å². The van der Waals surface area contributed by atoms with E-state index in [1.54, 1.807) is 20.0 Å². The Labute approximate surface area is 164 Å². The molecule has 1 aromatic heterocycles. The van der Waals surface area contributed by atoms with E-state index < -0.39 is 11.2 Å². The van der Waals surface area contributed by atoms with Gasteiger partial charge in [0.05, 0.1) is 25.5 Å². The molecule has 2 N–H and O–H groups in total. The number of ether oxygens (including phenoxy) is 1. The second-order valence-corrected chi connectivity index (χ2v) is 7.27. The Morgan fingerprint density at radius 1 is 1.18 bits per heavy atom. The van der Waals surface area contributed by atoms with Crippen molar-refractivity contribution in [3.8, 4) is 5.75 Å². The fraction of sp³-hybridized carbons (Fsp3) is 0.273. The Kier molecular flexibility index (Phi) is 5.51. The predicted octanol–water partition coefficient (Wildman–Crippen LogP) is 3.58. The average molecular weight is 379 g/mol. The lowest BCUT2D eigenvalue weighted by molar-refractivity contribution is 0.0786. The largest absolute Gasteiger partial charge is 0.490 e. The quantitative estimate of drug-likeness (QED) is 0.685. The van der Waals surface area contributed by atoms with Crippen LogP contribution in [0.15, 0.2) is 59.5 Å². The molecule has 3 aromatic rings. The van der Waals surface area contributed by atoms with Crippen molar-refractivity contribution < 1.29 is 9.84 Å². The monoisotopic (exact) mass is 379 g/mol. The molecule has 2 aromatic carbocycles. The van der Waals surface area contributed by atoms with Crippen molar-refractivity contribution in [3.63, 3.8) is 0 Å². The number of nitrogens with one attached hydrogen (secondary N) is 1. The van der Waals surface area contributed by atoms with Gasteiger partial charge >= 0.3 is 5.56 Å². The highest BCUT2D eigenvalue weighted by molar-refractivity contribution is 5.60. The van der Waals surface area contributed by atoms with Crippen molar-refractivity contribution in [2.24, 2.45) is 0 Å². The summed E-state index contributed by atoms with van der Waals surface area (Å²) < 4.78 is 7.00. The summed E-state index contributed by atoms with van der Waals surface area (Å²) in [6, 6.07) is 15.6. The van der Waals surface area contributed by atoms with Gasteiger partial charge in [0.1, 0.15) is 0 Å². The zero-order valence-corrected chi connectivity index (χ0v) is 16.6. The van der Waals surface area contributed by atoms with Crippen molar-refractivity contribution in [2.45, 2.75) is 32.9 Å². The zero-order chi connectivity index (χ0) is 20.3. The minimum absolute atomic E-state index is 0.184. The minimum Gasteiger partial charge on any atom is -0.490 e. The van der Waals surface area contributed by atoms with Crippen LogP contribution in [0.1, 0.15) is 30.5 Å². The minimum atomic E-state index is -0.971. The van der Waals surface area contributed by atoms with E-state index in [9.17, 15) is 9.90 Å². The third-order valence-corrected chi connectivity index (χ3v) is 4.57. The fourth-order valence-electron chi connectivity index (χ4n) is 2.87. The van der Waals surface area contributed by atoms with Crippen molar-refractivity contribution in [2.75, 3.05) is 12.4 Å². The maximum atomic E-state index is 12.2. The summed E-state index contributed by atoms with van der Waals surface area (Å²) in [5.41, 5.74) is 2.18. The molecule has 146 valence electrons. The smallest absolute Gasteiger partial charge is 0.316 e. The predicted molar refractivity (Wildman–Crippen MR) is 110 cm³/mol. The summed E-state index contributed by atoms with van der Waals surface area (Å²) in [6.07, 6.45) is 1.65. The third kappa shape index (κ3) is 4.40. The van der Waals surface area contributed by atoms with Crippen LogP contribution in [0.5, 0.6) is 5.75 Å². The first kappa shape index (κ1) is 19.6. The first-order valence-electron chi connectivity index (χ1n) is 9.08. The molecule has 6 nitrogen and oxygen atoms in total. The van der Waals surface area contributed by atoms with Gasteiger partial charge in [-0.05, 0) is 43.5 Å². The van der Waals surface area contributed by atoms with Crippen LogP contribution in [-0.4, -0.2) is 21.8 Å². The number of benzene rings is 2. The topological polar surface area (TPSA) is 76.4 Å². The first-order chi connectivity index (χ1) is 13.3. The molecule has 3 rings (SSSR count). The van der Waals surface area contributed by atoms with E-state index in [1.807, 2.05) is 60.0 Å². The van der Waals surface area contributed by atoms with Gasteiger partial charge in [-0.3, -0.25) is 4.79 Å². The second-order valence-electron chi connectivity index (χ2n) is 7.27. The Bertz CT molecular complexity index is 1020. The number of aliphatic hydroxyl groups is 1. The number of aryl methyl sites for hydroxylation is 1. The van der Waals surface area contributed by atoms with Gasteiger partial charge in [-0.2, -0.15) is 4.98 Å². The van der Waals surface area contributed by atoms with Gasteiger partial charge in [-0.25, -0.2) is 0 Å². The molecule has 6 heteroatoms. The number of aromatic nitrogens is 2. The lowest BCUT2D eigenvalue weighted by Gasteiger charge is -2.21. The molecule has 0 fully saturated rings. The van der Waals surface area contributed by atoms with Crippen LogP contribution in [-0.2, 0) is 12.1 Å². The lowest BCUT2D eigenvalue weighted by Crippen LogP contribution is -2.19. The molecule has 0 bridgehead atoms. The maximum Gasteiger partial charge on any atom is 0.316 e. The summed E-state index contributed by atoms with van der Waals surface area (Å²) in [5.74, 6) is 0.592. The molecule has 0 aliphatic carbocycles. The Morgan fingerprint density at radius 3 is 2.54 bits per heavy atom. The van der Waals surface area contributed by atoms with Crippen molar-refractivity contribution in [1.82, 2.24) is 9.55 Å². The van der Waals surface area contributed by atoms with Crippen LogP contribution in [0.25, 0.3) is 0 Å². The molecule has 0 atom stereocenters. The van der Waals surface area contributed by atoms with Crippen LogP contribution < -0.4 is 15.6 Å². The van der Waals surface area contributed by atoms with Crippen molar-refractivity contribution in [1.29, 1.82) is 0 Å². The highest BCUT2D eigenvalue weighted by Gasteiger charge is 2.18. The highest BCUT2D eigenvalue weighted by Crippen LogP contribution is 2.27. The molecular weight excluding hydrogens is 354 g/mol. The number of hydrogen-bond acceptors (Lipinski definition) is 5. The molecule has 0 spiro atoms. The summed E-state index contributed by atoms with van der Waals surface area (Å²) in [7, 11) is 1.45. The SMILES string of the molecule is COc1cn(Cc2ccccc2)c(Nc2cc(C(C)(C)O)ccc2C)nc1=O. The molecular formula is C22H25N3O3. The van der Waals surface area contributed by atoms with Crippen molar-refractivity contribution >= 4 is 11.6 Å². The molecule has 28 heavy (non-hydrogen) atoms. The van der Waals surface area contributed by atoms with E-state index >= 15 is 0 Å². The van der Waals surface area contributed by atoms with Gasteiger partial charge < -0.3 is 19.7 Å². The molecule has 0 radical (unpaired) electrons. The molecule has 1 heterocycles. The van der Waals surface area contributed by atoms with E-state index in [2.05, 4.69) is 10.3 Å². The normalized spacial score (nSPS) is 11.3. The lowest BCUT2D eigenvalue weighted by atomic mass is 9.96. The first-order valence-corrected chi connectivity index (χ1v) is 9.08. The summed E-state index contributed by atoms with van der Waals surface area (Å²) in [6.45, 7) is 5.95. The fourth-order valence-corrected chi connectivity index (χ4v) is 2.87. The van der Waals surface area contributed by atoms with E-state index in [0.717, 1.165) is 22.4 Å². The molecule has 0 saturated heterocycles. The molecule has 0 unspecified atom stereocenters. The van der Waals surface area contributed by atoms with Crippen molar-refractivity contribution in [3.05, 3.63) is 81.8 Å². The van der Waals surface area contributed by atoms with Crippen LogP contribution in [0.4, 0.5) is 11.6 Å². The summed E-state index contributed by atoms with van der Waals surface area (Å²) >= 11 is 0. The Hall–Kier alpha value is -3.12. The molecule has 0 saturated carbocycles. The number of methoxy groups -OCH3 is 1. The van der Waals surface area contributed by atoms with Crippen LogP contribution in [0, 0.1) is 6.92 Å². The average Bonchev–Trinajstić information content (AvgIpc) is 2.65. The molecule has 0 aliphatic rings. The van der Waals surface area contributed by atoms with Crippen LogP contribution in [0.2, 0.25) is 0 Å². The van der Waals surface area contributed by atoms with Crippen LogP contribution in [0.3, 0.4) is 0 Å². The van der Waals surface area contributed by atoms with Gasteiger partial charge in [0.15, 0.2) is 0 Å². The van der Waals surface area contributed by atoms with Gasteiger partial charge in [0, 0.05) is 5.69 Å². The van der Waals surface area contributed by atoms with Crippen LogP contribution >= 0.6 is 0 Å². The number of hydrogen-bond donors (Lipinski definition) is 2. The Morgan fingerprint density at radius 2 is 1.89 bits per heavy atom. The van der Waals surface area contributed by atoms with E-state index in [4.69, 9.17) is 4.74 Å². The third-order valence-electron chi connectivity index (χ3n) is 4.57. The maximum absolute atomic E-state index is 12.2.